The Morgan fingerprint density at radius 3 is 2.40 bits per heavy atom. The van der Waals surface area contributed by atoms with E-state index in [2.05, 4.69) is 5.32 Å². The fourth-order valence-electron chi connectivity index (χ4n) is 2.79. The topological polar surface area (TPSA) is 72.2 Å². The highest BCUT2D eigenvalue weighted by Crippen LogP contribution is 2.20. The van der Waals surface area contributed by atoms with Crippen LogP contribution in [0.15, 0.2) is 66.7 Å². The molecule has 25 heavy (non-hydrogen) atoms. The van der Waals surface area contributed by atoms with Gasteiger partial charge >= 0.3 is 0 Å². The molecule has 2 amide bonds. The van der Waals surface area contributed by atoms with Crippen LogP contribution >= 0.6 is 0 Å². The molecule has 0 aromatic heterocycles. The smallest absolute Gasteiger partial charge is 0.254 e. The predicted octanol–water partition coefficient (Wildman–Crippen LogP) is 2.81. The summed E-state index contributed by atoms with van der Waals surface area (Å²) in [5.41, 5.74) is 6.21. The first-order valence-electron chi connectivity index (χ1n) is 7.87. The minimum atomic E-state index is -0.932. The van der Waals surface area contributed by atoms with E-state index in [0.717, 1.165) is 16.3 Å². The van der Waals surface area contributed by atoms with Gasteiger partial charge in [-0.15, -0.1) is 0 Å². The molecule has 3 rings (SSSR count). The van der Waals surface area contributed by atoms with E-state index in [-0.39, 0.29) is 12.0 Å². The van der Waals surface area contributed by atoms with Crippen molar-refractivity contribution in [3.63, 3.8) is 0 Å². The summed E-state index contributed by atoms with van der Waals surface area (Å²) in [5.74, 6) is -1.98. The van der Waals surface area contributed by atoms with E-state index in [1.54, 1.807) is 6.07 Å². The van der Waals surface area contributed by atoms with Crippen LogP contribution in [0.3, 0.4) is 0 Å². The average Bonchev–Trinajstić information content (AvgIpc) is 2.61. The van der Waals surface area contributed by atoms with Gasteiger partial charge < -0.3 is 11.1 Å². The number of amides is 2. The van der Waals surface area contributed by atoms with Crippen LogP contribution in [0.1, 0.15) is 15.9 Å². The highest BCUT2D eigenvalue weighted by molar-refractivity contribution is 5.97. The number of halogens is 1. The number of primary amides is 1. The number of rotatable bonds is 5. The summed E-state index contributed by atoms with van der Waals surface area (Å²) in [5, 5.41) is 4.55. The molecule has 5 heteroatoms. The molecular weight excluding hydrogens is 319 g/mol. The van der Waals surface area contributed by atoms with Crippen molar-refractivity contribution in [1.82, 2.24) is 5.32 Å². The SMILES string of the molecule is NC(=O)[C@@H](Cc1cccc2ccccc12)NC(=O)c1ccccc1F. The first-order valence-corrected chi connectivity index (χ1v) is 7.87. The zero-order valence-electron chi connectivity index (χ0n) is 13.4. The first-order chi connectivity index (χ1) is 12.1. The maximum absolute atomic E-state index is 13.7. The van der Waals surface area contributed by atoms with Crippen LogP contribution in [-0.2, 0) is 11.2 Å². The number of fused-ring (bicyclic) bond motifs is 1. The molecule has 3 aromatic carbocycles. The van der Waals surface area contributed by atoms with Crippen molar-refractivity contribution in [3.05, 3.63) is 83.7 Å². The summed E-state index contributed by atoms with van der Waals surface area (Å²) in [4.78, 5) is 24.1. The maximum Gasteiger partial charge on any atom is 0.254 e. The van der Waals surface area contributed by atoms with Crippen LogP contribution in [0.5, 0.6) is 0 Å². The molecule has 0 unspecified atom stereocenters. The zero-order valence-corrected chi connectivity index (χ0v) is 13.4. The van der Waals surface area contributed by atoms with Crippen LogP contribution in [0, 0.1) is 5.82 Å². The first kappa shape index (κ1) is 16.6. The summed E-state index contributed by atoms with van der Waals surface area (Å²) < 4.78 is 13.7. The standard InChI is InChI=1S/C20H17FN2O2/c21-17-11-4-3-10-16(17)20(25)23-18(19(22)24)12-14-8-5-7-13-6-1-2-9-15(13)14/h1-11,18H,12H2,(H2,22,24)(H,23,25)/t18-/m1/s1. The van der Waals surface area contributed by atoms with Gasteiger partial charge in [0, 0.05) is 6.42 Å². The Kier molecular flexibility index (Phi) is 4.75. The fraction of sp³-hybridized carbons (Fsp3) is 0.100. The Bertz CT molecular complexity index is 934. The number of carbonyl (C=O) groups excluding carboxylic acids is 2. The lowest BCUT2D eigenvalue weighted by Crippen LogP contribution is -2.46. The minimum absolute atomic E-state index is 0.119. The van der Waals surface area contributed by atoms with Gasteiger partial charge in [0.25, 0.3) is 5.91 Å². The lowest BCUT2D eigenvalue weighted by Gasteiger charge is -2.17. The van der Waals surface area contributed by atoms with Gasteiger partial charge in [0.05, 0.1) is 5.56 Å². The maximum atomic E-state index is 13.7. The van der Waals surface area contributed by atoms with E-state index in [1.165, 1.54) is 18.2 Å². The molecule has 0 saturated carbocycles. The largest absolute Gasteiger partial charge is 0.368 e. The molecule has 0 aliphatic carbocycles. The molecule has 0 heterocycles. The molecule has 0 spiro atoms. The van der Waals surface area contributed by atoms with Gasteiger partial charge in [-0.25, -0.2) is 4.39 Å². The van der Waals surface area contributed by atoms with Crippen LogP contribution in [0.4, 0.5) is 4.39 Å². The zero-order chi connectivity index (χ0) is 17.8. The Hall–Kier alpha value is -3.21. The van der Waals surface area contributed by atoms with Crippen molar-refractivity contribution in [3.8, 4) is 0 Å². The van der Waals surface area contributed by atoms with Crippen LogP contribution < -0.4 is 11.1 Å². The number of carbonyl (C=O) groups is 2. The molecular formula is C20H17FN2O2. The lowest BCUT2D eigenvalue weighted by molar-refractivity contribution is -0.119. The molecule has 0 bridgehead atoms. The molecule has 126 valence electrons. The third-order valence-corrected chi connectivity index (χ3v) is 4.07. The number of benzene rings is 3. The molecule has 3 N–H and O–H groups in total. The van der Waals surface area contributed by atoms with Gasteiger partial charge in [-0.3, -0.25) is 9.59 Å². The third-order valence-electron chi connectivity index (χ3n) is 4.07. The quantitative estimate of drug-likeness (QED) is 0.752. The third kappa shape index (κ3) is 3.66. The molecule has 0 fully saturated rings. The lowest BCUT2D eigenvalue weighted by atomic mass is 9.98. The van der Waals surface area contributed by atoms with Gasteiger partial charge in [0.2, 0.25) is 5.91 Å². The second-order valence-electron chi connectivity index (χ2n) is 5.75. The summed E-state index contributed by atoms with van der Waals surface area (Å²) >= 11 is 0. The number of hydrogen-bond acceptors (Lipinski definition) is 2. The van der Waals surface area contributed by atoms with Crippen molar-refractivity contribution < 1.29 is 14.0 Å². The monoisotopic (exact) mass is 336 g/mol. The van der Waals surface area contributed by atoms with Crippen molar-refractivity contribution >= 4 is 22.6 Å². The van der Waals surface area contributed by atoms with E-state index >= 15 is 0 Å². The summed E-state index contributed by atoms with van der Waals surface area (Å²) in [6.07, 6.45) is 0.233. The Balaban J connectivity index is 1.86. The summed E-state index contributed by atoms with van der Waals surface area (Å²) in [6, 6.07) is 18.2. The van der Waals surface area contributed by atoms with E-state index in [9.17, 15) is 14.0 Å². The van der Waals surface area contributed by atoms with Gasteiger partial charge in [-0.2, -0.15) is 0 Å². The Morgan fingerprint density at radius 1 is 0.960 bits per heavy atom. The van der Waals surface area contributed by atoms with Crippen LogP contribution in [0.2, 0.25) is 0 Å². The highest BCUT2D eigenvalue weighted by Gasteiger charge is 2.21. The molecule has 0 saturated heterocycles. The molecule has 4 nitrogen and oxygen atoms in total. The van der Waals surface area contributed by atoms with Crippen molar-refractivity contribution in [2.75, 3.05) is 0 Å². The molecule has 0 aliphatic heterocycles. The second-order valence-corrected chi connectivity index (χ2v) is 5.75. The van der Waals surface area contributed by atoms with E-state index < -0.39 is 23.7 Å². The number of nitrogens with one attached hydrogen (secondary N) is 1. The molecule has 0 aliphatic rings. The van der Waals surface area contributed by atoms with E-state index in [0.29, 0.717) is 0 Å². The van der Waals surface area contributed by atoms with Gasteiger partial charge in [-0.05, 0) is 28.5 Å². The van der Waals surface area contributed by atoms with Crippen molar-refractivity contribution in [2.24, 2.45) is 5.73 Å². The Morgan fingerprint density at radius 2 is 1.64 bits per heavy atom. The molecule has 3 aromatic rings. The summed E-state index contributed by atoms with van der Waals surface area (Å²) in [6.45, 7) is 0. The van der Waals surface area contributed by atoms with Crippen LogP contribution in [-0.4, -0.2) is 17.9 Å². The second kappa shape index (κ2) is 7.13. The number of nitrogens with two attached hydrogens (primary N) is 1. The van der Waals surface area contributed by atoms with Crippen molar-refractivity contribution in [1.29, 1.82) is 0 Å². The van der Waals surface area contributed by atoms with Gasteiger partial charge in [-0.1, -0.05) is 54.6 Å². The Labute approximate surface area is 144 Å². The van der Waals surface area contributed by atoms with Gasteiger partial charge in [0.15, 0.2) is 0 Å². The molecule has 0 radical (unpaired) electrons. The highest BCUT2D eigenvalue weighted by atomic mass is 19.1. The van der Waals surface area contributed by atoms with Gasteiger partial charge in [0.1, 0.15) is 11.9 Å². The van der Waals surface area contributed by atoms with Crippen molar-refractivity contribution in [2.45, 2.75) is 12.5 Å². The predicted molar refractivity (Wildman–Crippen MR) is 94.5 cm³/mol. The fourth-order valence-corrected chi connectivity index (χ4v) is 2.79. The van der Waals surface area contributed by atoms with E-state index in [1.807, 2.05) is 42.5 Å². The van der Waals surface area contributed by atoms with Crippen LogP contribution in [0.25, 0.3) is 10.8 Å². The number of hydrogen-bond donors (Lipinski definition) is 2. The average molecular weight is 336 g/mol. The normalized spacial score (nSPS) is 11.9. The minimum Gasteiger partial charge on any atom is -0.368 e. The van der Waals surface area contributed by atoms with E-state index in [4.69, 9.17) is 5.73 Å². The summed E-state index contributed by atoms with van der Waals surface area (Å²) in [7, 11) is 0. The molecule has 1 atom stereocenters.